The molecule has 144 valence electrons. The summed E-state index contributed by atoms with van der Waals surface area (Å²) in [6.45, 7) is 2.93. The van der Waals surface area contributed by atoms with Crippen LogP contribution in [0.1, 0.15) is 50.5 Å². The van der Waals surface area contributed by atoms with E-state index in [1.807, 2.05) is 0 Å². The summed E-state index contributed by atoms with van der Waals surface area (Å²) in [5, 5.41) is 3.01. The Labute approximate surface area is 156 Å². The van der Waals surface area contributed by atoms with Crippen LogP contribution in [0, 0.1) is 6.92 Å². The number of amides is 1. The second-order valence-electron chi connectivity index (χ2n) is 7.23. The van der Waals surface area contributed by atoms with Gasteiger partial charge in [-0.2, -0.15) is 4.31 Å². The van der Waals surface area contributed by atoms with Gasteiger partial charge in [-0.3, -0.25) is 4.79 Å². The number of carbonyl (C=O) groups excluding carboxylic acids is 1. The quantitative estimate of drug-likeness (QED) is 0.823. The first-order chi connectivity index (χ1) is 12.5. The molecular formula is C19H28N2O4S. The number of hydrogen-bond acceptors (Lipinski definition) is 4. The molecule has 0 spiro atoms. The minimum Gasteiger partial charge on any atom is -0.484 e. The Hall–Kier alpha value is -1.60. The van der Waals surface area contributed by atoms with Gasteiger partial charge in [0.05, 0.1) is 4.90 Å². The normalized spacial score (nSPS) is 19.4. The molecule has 1 aromatic carbocycles. The maximum Gasteiger partial charge on any atom is 0.258 e. The number of sulfonamides is 1. The van der Waals surface area contributed by atoms with Crippen molar-refractivity contribution >= 4 is 15.9 Å². The van der Waals surface area contributed by atoms with Crippen LogP contribution in [-0.4, -0.2) is 44.4 Å². The highest BCUT2D eigenvalue weighted by atomic mass is 32.2. The molecule has 0 aromatic heterocycles. The third-order valence-corrected chi connectivity index (χ3v) is 7.07. The molecule has 1 heterocycles. The van der Waals surface area contributed by atoms with Gasteiger partial charge < -0.3 is 10.1 Å². The summed E-state index contributed by atoms with van der Waals surface area (Å²) < 4.78 is 32.4. The molecular weight excluding hydrogens is 352 g/mol. The van der Waals surface area contributed by atoms with Gasteiger partial charge in [0, 0.05) is 19.1 Å². The Bertz CT molecular complexity index is 736. The number of nitrogens with zero attached hydrogens (tertiary/aromatic N) is 1. The van der Waals surface area contributed by atoms with Crippen molar-refractivity contribution in [2.24, 2.45) is 0 Å². The zero-order chi connectivity index (χ0) is 18.6. The fraction of sp³-hybridized carbons (Fsp3) is 0.632. The third-order valence-electron chi connectivity index (χ3n) is 5.18. The van der Waals surface area contributed by atoms with Crippen LogP contribution in [0.15, 0.2) is 23.1 Å². The number of carbonyl (C=O) groups is 1. The van der Waals surface area contributed by atoms with E-state index in [-0.39, 0.29) is 23.5 Å². The molecule has 6 nitrogen and oxygen atoms in total. The highest BCUT2D eigenvalue weighted by Crippen LogP contribution is 2.26. The van der Waals surface area contributed by atoms with Crippen molar-refractivity contribution in [1.29, 1.82) is 0 Å². The average molecular weight is 381 g/mol. The minimum atomic E-state index is -3.43. The van der Waals surface area contributed by atoms with Crippen molar-refractivity contribution in [2.75, 3.05) is 19.7 Å². The Balaban J connectivity index is 1.58. The Morgan fingerprint density at radius 1 is 1.15 bits per heavy atom. The van der Waals surface area contributed by atoms with Gasteiger partial charge >= 0.3 is 0 Å². The van der Waals surface area contributed by atoms with E-state index < -0.39 is 10.0 Å². The summed E-state index contributed by atoms with van der Waals surface area (Å²) in [5.41, 5.74) is 0.718. The topological polar surface area (TPSA) is 75.7 Å². The first kappa shape index (κ1) is 19.2. The number of benzene rings is 1. The first-order valence-electron chi connectivity index (χ1n) is 9.50. The van der Waals surface area contributed by atoms with Crippen molar-refractivity contribution in [1.82, 2.24) is 9.62 Å². The summed E-state index contributed by atoms with van der Waals surface area (Å²) in [5.74, 6) is 0.425. The summed E-state index contributed by atoms with van der Waals surface area (Å²) in [4.78, 5) is 12.3. The van der Waals surface area contributed by atoms with Gasteiger partial charge in [-0.15, -0.1) is 0 Å². The number of nitrogens with one attached hydrogen (secondary N) is 1. The third kappa shape index (κ3) is 4.57. The Morgan fingerprint density at radius 2 is 1.85 bits per heavy atom. The average Bonchev–Trinajstić information content (AvgIpc) is 3.17. The molecule has 1 saturated heterocycles. The lowest BCUT2D eigenvalue weighted by Gasteiger charge is -2.22. The van der Waals surface area contributed by atoms with Gasteiger partial charge in [-0.05, 0) is 56.4 Å². The van der Waals surface area contributed by atoms with E-state index in [0.29, 0.717) is 18.8 Å². The van der Waals surface area contributed by atoms with Crippen molar-refractivity contribution < 1.29 is 17.9 Å². The highest BCUT2D eigenvalue weighted by Gasteiger charge is 2.27. The van der Waals surface area contributed by atoms with Gasteiger partial charge in [0.25, 0.3) is 5.91 Å². The van der Waals surface area contributed by atoms with E-state index in [0.717, 1.165) is 44.1 Å². The monoisotopic (exact) mass is 380 g/mol. The fourth-order valence-corrected chi connectivity index (χ4v) is 5.28. The van der Waals surface area contributed by atoms with Crippen LogP contribution < -0.4 is 10.1 Å². The molecule has 1 saturated carbocycles. The Kier molecular flexibility index (Phi) is 6.19. The van der Waals surface area contributed by atoms with E-state index in [2.05, 4.69) is 5.32 Å². The van der Waals surface area contributed by atoms with Crippen LogP contribution in [0.5, 0.6) is 5.75 Å². The van der Waals surface area contributed by atoms with Crippen molar-refractivity contribution in [3.63, 3.8) is 0 Å². The SMILES string of the molecule is Cc1cc(S(=O)(=O)N2CCCC2)ccc1OCC(=O)NC1CCCCC1. The molecule has 0 unspecified atom stereocenters. The van der Waals surface area contributed by atoms with Crippen LogP contribution in [0.25, 0.3) is 0 Å². The van der Waals surface area contributed by atoms with Crippen molar-refractivity contribution in [2.45, 2.75) is 62.8 Å². The van der Waals surface area contributed by atoms with Crippen molar-refractivity contribution in [3.05, 3.63) is 23.8 Å². The maximum atomic E-state index is 12.6. The molecule has 0 bridgehead atoms. The number of hydrogen-bond donors (Lipinski definition) is 1. The second kappa shape index (κ2) is 8.39. The standard InChI is InChI=1S/C19H28N2O4S/c1-15-13-17(26(23,24)21-11-5-6-12-21)9-10-18(15)25-14-19(22)20-16-7-3-2-4-8-16/h9-10,13,16H,2-8,11-12,14H2,1H3,(H,20,22). The molecule has 0 radical (unpaired) electrons. The lowest BCUT2D eigenvalue weighted by Crippen LogP contribution is -2.39. The van der Waals surface area contributed by atoms with Crippen LogP contribution in [-0.2, 0) is 14.8 Å². The molecule has 2 aliphatic rings. The van der Waals surface area contributed by atoms with Gasteiger partial charge in [0.15, 0.2) is 6.61 Å². The molecule has 1 amide bonds. The zero-order valence-corrected chi connectivity index (χ0v) is 16.2. The molecule has 1 aromatic rings. The van der Waals surface area contributed by atoms with Gasteiger partial charge in [0.1, 0.15) is 5.75 Å². The predicted molar refractivity (Wildman–Crippen MR) is 99.7 cm³/mol. The van der Waals surface area contributed by atoms with Crippen LogP contribution in [0.4, 0.5) is 0 Å². The summed E-state index contributed by atoms with van der Waals surface area (Å²) in [7, 11) is -3.43. The number of ether oxygens (including phenoxy) is 1. The first-order valence-corrected chi connectivity index (χ1v) is 10.9. The van der Waals surface area contributed by atoms with Gasteiger partial charge in [0.2, 0.25) is 10.0 Å². The number of aryl methyl sites for hydroxylation is 1. The van der Waals surface area contributed by atoms with Crippen LogP contribution in [0.3, 0.4) is 0 Å². The summed E-state index contributed by atoms with van der Waals surface area (Å²) >= 11 is 0. The largest absolute Gasteiger partial charge is 0.484 e. The Morgan fingerprint density at radius 3 is 2.50 bits per heavy atom. The molecule has 2 fully saturated rings. The number of rotatable bonds is 6. The minimum absolute atomic E-state index is 0.0461. The lowest BCUT2D eigenvalue weighted by atomic mass is 9.95. The van der Waals surface area contributed by atoms with E-state index in [4.69, 9.17) is 4.74 Å². The summed E-state index contributed by atoms with van der Waals surface area (Å²) in [6, 6.07) is 5.09. The molecule has 0 atom stereocenters. The van der Waals surface area contributed by atoms with E-state index >= 15 is 0 Å². The van der Waals surface area contributed by atoms with E-state index in [9.17, 15) is 13.2 Å². The molecule has 1 N–H and O–H groups in total. The molecule has 7 heteroatoms. The lowest BCUT2D eigenvalue weighted by molar-refractivity contribution is -0.124. The van der Waals surface area contributed by atoms with E-state index in [1.54, 1.807) is 25.1 Å². The molecule has 1 aliphatic heterocycles. The van der Waals surface area contributed by atoms with Gasteiger partial charge in [-0.25, -0.2) is 8.42 Å². The van der Waals surface area contributed by atoms with Crippen molar-refractivity contribution in [3.8, 4) is 5.75 Å². The van der Waals surface area contributed by atoms with Crippen LogP contribution in [0.2, 0.25) is 0 Å². The molecule has 26 heavy (non-hydrogen) atoms. The zero-order valence-electron chi connectivity index (χ0n) is 15.4. The van der Waals surface area contributed by atoms with Gasteiger partial charge in [-0.1, -0.05) is 19.3 Å². The fourth-order valence-electron chi connectivity index (χ4n) is 3.68. The highest BCUT2D eigenvalue weighted by molar-refractivity contribution is 7.89. The van der Waals surface area contributed by atoms with E-state index in [1.165, 1.54) is 10.7 Å². The molecule has 3 rings (SSSR count). The second-order valence-corrected chi connectivity index (χ2v) is 9.17. The molecule has 1 aliphatic carbocycles. The smallest absolute Gasteiger partial charge is 0.258 e. The van der Waals surface area contributed by atoms with Crippen LogP contribution >= 0.6 is 0 Å². The predicted octanol–water partition coefficient (Wildman–Crippen LogP) is 2.61. The summed E-state index contributed by atoms with van der Waals surface area (Å²) in [6.07, 6.45) is 7.47. The maximum absolute atomic E-state index is 12.6.